The van der Waals surface area contributed by atoms with Gasteiger partial charge in [-0.2, -0.15) is 5.10 Å². The first-order valence-electron chi connectivity index (χ1n) is 12.7. The molecule has 0 unspecified atom stereocenters. The highest BCUT2D eigenvalue weighted by Crippen LogP contribution is 2.33. The third-order valence-corrected chi connectivity index (χ3v) is 8.04. The van der Waals surface area contributed by atoms with Crippen LogP contribution in [0.2, 0.25) is 0 Å². The summed E-state index contributed by atoms with van der Waals surface area (Å²) in [5, 5.41) is 14.2. The van der Waals surface area contributed by atoms with Gasteiger partial charge >= 0.3 is 0 Å². The summed E-state index contributed by atoms with van der Waals surface area (Å²) < 4.78 is 0. The number of aromatic amines is 2. The van der Waals surface area contributed by atoms with Crippen molar-refractivity contribution in [3.05, 3.63) is 66.1 Å². The molecule has 0 spiro atoms. The number of nitrogens with zero attached hydrogens (tertiary/aromatic N) is 5. The van der Waals surface area contributed by atoms with E-state index in [1.54, 1.807) is 11.3 Å². The number of H-pyrrole nitrogens is 2. The number of rotatable bonds is 7. The highest BCUT2D eigenvalue weighted by molar-refractivity contribution is 7.13. The minimum atomic E-state index is 0.689. The molecular weight excluding hydrogens is 480 g/mol. The van der Waals surface area contributed by atoms with Crippen molar-refractivity contribution in [3.63, 3.8) is 0 Å². The summed E-state index contributed by atoms with van der Waals surface area (Å²) in [6, 6.07) is 10.3. The van der Waals surface area contributed by atoms with E-state index in [0.717, 1.165) is 68.5 Å². The molecule has 6 heterocycles. The van der Waals surface area contributed by atoms with E-state index in [-0.39, 0.29) is 0 Å². The molecule has 8 nitrogen and oxygen atoms in total. The summed E-state index contributed by atoms with van der Waals surface area (Å²) in [7, 11) is 0. The molecule has 9 heteroatoms. The smallest absolute Gasteiger partial charge is 0.159 e. The molecule has 184 valence electrons. The Morgan fingerprint density at radius 1 is 1.00 bits per heavy atom. The number of aromatic nitrogens is 7. The lowest BCUT2D eigenvalue weighted by molar-refractivity contribution is 0.489. The van der Waals surface area contributed by atoms with E-state index >= 15 is 0 Å². The minimum absolute atomic E-state index is 0.689. The molecule has 3 N–H and O–H groups in total. The molecule has 1 fully saturated rings. The van der Waals surface area contributed by atoms with Gasteiger partial charge in [-0.3, -0.25) is 15.1 Å². The number of hydrogen-bond acceptors (Lipinski definition) is 7. The van der Waals surface area contributed by atoms with Gasteiger partial charge in [0, 0.05) is 42.5 Å². The molecule has 0 saturated heterocycles. The van der Waals surface area contributed by atoms with Crippen LogP contribution in [0.15, 0.2) is 60.5 Å². The van der Waals surface area contributed by atoms with E-state index in [1.165, 1.54) is 31.2 Å². The van der Waals surface area contributed by atoms with Crippen molar-refractivity contribution in [2.45, 2.75) is 32.2 Å². The van der Waals surface area contributed by atoms with E-state index in [9.17, 15) is 0 Å². The Bertz CT molecular complexity index is 1680. The van der Waals surface area contributed by atoms with Crippen LogP contribution in [0.3, 0.4) is 0 Å². The first-order valence-corrected chi connectivity index (χ1v) is 13.6. The minimum Gasteiger partial charge on any atom is -0.336 e. The third-order valence-electron chi connectivity index (χ3n) is 7.16. The molecule has 6 aromatic rings. The standard InChI is InChI=1S/C28H26N8S/c1-2-5-17(4-1)12-29-13-18-10-19(15-30-14-18)20-11-21-24(35-36-27(21)32-16-20)28-33-22-7-8-31-26(25(22)34-28)23-6-3-9-37-23/h3,6-11,14-17,29H,1-2,4-5,12-13H2,(H,33,34)(H,32,35,36). The van der Waals surface area contributed by atoms with Gasteiger partial charge in [0.15, 0.2) is 11.5 Å². The van der Waals surface area contributed by atoms with Crippen molar-refractivity contribution < 1.29 is 0 Å². The Labute approximate surface area is 217 Å². The Balaban J connectivity index is 1.20. The molecule has 1 aliphatic rings. The van der Waals surface area contributed by atoms with Gasteiger partial charge in [0.1, 0.15) is 16.9 Å². The zero-order valence-electron chi connectivity index (χ0n) is 20.2. The van der Waals surface area contributed by atoms with Gasteiger partial charge in [-0.25, -0.2) is 9.97 Å². The molecule has 0 radical (unpaired) electrons. The lowest BCUT2D eigenvalue weighted by Crippen LogP contribution is -2.20. The van der Waals surface area contributed by atoms with Gasteiger partial charge in [0.25, 0.3) is 0 Å². The maximum atomic E-state index is 4.90. The maximum absolute atomic E-state index is 4.90. The van der Waals surface area contributed by atoms with E-state index in [2.05, 4.69) is 53.6 Å². The number of hydrogen-bond donors (Lipinski definition) is 3. The summed E-state index contributed by atoms with van der Waals surface area (Å²) in [4.78, 5) is 23.2. The molecule has 0 aromatic carbocycles. The first kappa shape index (κ1) is 22.3. The second-order valence-corrected chi connectivity index (χ2v) is 10.6. The van der Waals surface area contributed by atoms with E-state index in [4.69, 9.17) is 4.98 Å². The lowest BCUT2D eigenvalue weighted by atomic mass is 10.1. The van der Waals surface area contributed by atoms with Crippen LogP contribution in [-0.4, -0.2) is 41.7 Å². The van der Waals surface area contributed by atoms with Crippen molar-refractivity contribution in [1.82, 2.24) is 40.4 Å². The summed E-state index contributed by atoms with van der Waals surface area (Å²) in [5.41, 5.74) is 7.30. The van der Waals surface area contributed by atoms with Crippen LogP contribution in [0, 0.1) is 5.92 Å². The van der Waals surface area contributed by atoms with Crippen molar-refractivity contribution in [2.24, 2.45) is 5.92 Å². The summed E-state index contributed by atoms with van der Waals surface area (Å²) in [6.07, 6.45) is 12.9. The average Bonchev–Trinajstić information content (AvgIpc) is 3.74. The van der Waals surface area contributed by atoms with Crippen LogP contribution in [-0.2, 0) is 6.54 Å². The number of pyridine rings is 3. The fourth-order valence-corrected chi connectivity index (χ4v) is 5.98. The normalized spacial score (nSPS) is 14.3. The van der Waals surface area contributed by atoms with Gasteiger partial charge < -0.3 is 10.3 Å². The monoisotopic (exact) mass is 506 g/mol. The van der Waals surface area contributed by atoms with E-state index < -0.39 is 0 Å². The zero-order valence-corrected chi connectivity index (χ0v) is 21.1. The Hall–Kier alpha value is -3.95. The van der Waals surface area contributed by atoms with Crippen LogP contribution in [0.1, 0.15) is 31.2 Å². The fourth-order valence-electron chi connectivity index (χ4n) is 5.26. The molecule has 0 amide bonds. The molecule has 1 aliphatic carbocycles. The van der Waals surface area contributed by atoms with Gasteiger partial charge in [-0.05, 0) is 60.5 Å². The highest BCUT2D eigenvalue weighted by atomic mass is 32.1. The average molecular weight is 507 g/mol. The van der Waals surface area contributed by atoms with Crippen LogP contribution < -0.4 is 5.32 Å². The second kappa shape index (κ2) is 9.49. The van der Waals surface area contributed by atoms with Gasteiger partial charge in [0.2, 0.25) is 0 Å². The van der Waals surface area contributed by atoms with Gasteiger partial charge in [-0.1, -0.05) is 18.9 Å². The second-order valence-electron chi connectivity index (χ2n) is 9.67. The van der Waals surface area contributed by atoms with E-state index in [0.29, 0.717) is 5.82 Å². The Morgan fingerprint density at radius 3 is 2.81 bits per heavy atom. The SMILES string of the molecule is c1csc(-c2nccc3[nH]c(-c4n[nH]c5ncc(-c6cncc(CNCC7CCCC7)c6)cc45)nc23)c1. The van der Waals surface area contributed by atoms with Crippen LogP contribution in [0.5, 0.6) is 0 Å². The summed E-state index contributed by atoms with van der Waals surface area (Å²) >= 11 is 1.65. The molecule has 1 saturated carbocycles. The van der Waals surface area contributed by atoms with Crippen molar-refractivity contribution >= 4 is 33.4 Å². The van der Waals surface area contributed by atoms with Crippen LogP contribution in [0.4, 0.5) is 0 Å². The van der Waals surface area contributed by atoms with Gasteiger partial charge in [0.05, 0.1) is 15.8 Å². The van der Waals surface area contributed by atoms with Crippen molar-refractivity contribution in [2.75, 3.05) is 6.54 Å². The molecule has 0 bridgehead atoms. The summed E-state index contributed by atoms with van der Waals surface area (Å²) in [6.45, 7) is 1.90. The molecule has 7 rings (SSSR count). The largest absolute Gasteiger partial charge is 0.336 e. The maximum Gasteiger partial charge on any atom is 0.159 e. The third kappa shape index (κ3) is 4.30. The molecule has 37 heavy (non-hydrogen) atoms. The van der Waals surface area contributed by atoms with Crippen molar-refractivity contribution in [3.8, 4) is 33.2 Å². The molecule has 6 aromatic heterocycles. The Morgan fingerprint density at radius 2 is 1.92 bits per heavy atom. The summed E-state index contributed by atoms with van der Waals surface area (Å²) in [5.74, 6) is 1.51. The quantitative estimate of drug-likeness (QED) is 0.246. The number of fused-ring (bicyclic) bond motifs is 2. The van der Waals surface area contributed by atoms with Gasteiger partial charge in [-0.15, -0.1) is 11.3 Å². The predicted molar refractivity (Wildman–Crippen MR) is 147 cm³/mol. The highest BCUT2D eigenvalue weighted by Gasteiger charge is 2.18. The van der Waals surface area contributed by atoms with Crippen LogP contribution >= 0.6 is 11.3 Å². The van der Waals surface area contributed by atoms with E-state index in [1.807, 2.05) is 42.3 Å². The molecule has 0 atom stereocenters. The van der Waals surface area contributed by atoms with Crippen LogP contribution in [0.25, 0.3) is 55.3 Å². The lowest BCUT2D eigenvalue weighted by Gasteiger charge is -2.11. The first-order chi connectivity index (χ1) is 18.3. The fraction of sp³-hybridized carbons (Fsp3) is 0.250. The number of imidazole rings is 1. The number of thiophene rings is 1. The van der Waals surface area contributed by atoms with Crippen molar-refractivity contribution in [1.29, 1.82) is 0 Å². The topological polar surface area (TPSA) is 108 Å². The number of nitrogens with one attached hydrogen (secondary N) is 3. The molecular formula is C28H26N8S. The zero-order chi connectivity index (χ0) is 24.6. The predicted octanol–water partition coefficient (Wildman–Crippen LogP) is 5.97. The molecule has 0 aliphatic heterocycles. The Kier molecular flexibility index (Phi) is 5.71.